The third-order valence-electron chi connectivity index (χ3n) is 4.18. The van der Waals surface area contributed by atoms with Crippen molar-refractivity contribution in [2.75, 3.05) is 19.6 Å². The molecule has 1 saturated heterocycles. The van der Waals surface area contributed by atoms with Gasteiger partial charge in [0.25, 0.3) is 0 Å². The van der Waals surface area contributed by atoms with Gasteiger partial charge in [0, 0.05) is 19.6 Å². The largest absolute Gasteiger partial charge is 0.392 e. The van der Waals surface area contributed by atoms with Crippen LogP contribution in [0.2, 0.25) is 0 Å². The Kier molecular flexibility index (Phi) is 3.08. The van der Waals surface area contributed by atoms with E-state index in [1.807, 2.05) is 20.8 Å². The summed E-state index contributed by atoms with van der Waals surface area (Å²) in [6, 6.07) is 0. The number of rotatable bonds is 4. The second-order valence-corrected chi connectivity index (χ2v) is 9.49. The summed E-state index contributed by atoms with van der Waals surface area (Å²) in [5.41, 5.74) is 0. The topological polar surface area (TPSA) is 57.6 Å². The summed E-state index contributed by atoms with van der Waals surface area (Å²) in [6.07, 6.45) is 2.06. The first kappa shape index (κ1) is 13.3. The molecule has 1 unspecified atom stereocenters. The summed E-state index contributed by atoms with van der Waals surface area (Å²) < 4.78 is 23.8. The Hall–Kier alpha value is -0.130. The highest BCUT2D eigenvalue weighted by atomic mass is 32.2. The van der Waals surface area contributed by atoms with Crippen molar-refractivity contribution in [1.82, 2.24) is 4.90 Å². The molecule has 0 radical (unpaired) electrons. The van der Waals surface area contributed by atoms with Crippen LogP contribution in [0.4, 0.5) is 0 Å². The molecule has 1 N–H and O–H groups in total. The molecule has 1 aliphatic heterocycles. The molecule has 0 amide bonds. The number of likely N-dealkylation sites (tertiary alicyclic amines) is 1. The molecule has 5 heteroatoms. The summed E-state index contributed by atoms with van der Waals surface area (Å²) in [6.45, 7) is 7.42. The molecule has 1 heterocycles. The fourth-order valence-corrected chi connectivity index (χ4v) is 5.02. The Morgan fingerprint density at radius 3 is 2.41 bits per heavy atom. The van der Waals surface area contributed by atoms with Gasteiger partial charge in [0.15, 0.2) is 9.84 Å². The van der Waals surface area contributed by atoms with Gasteiger partial charge < -0.3 is 5.11 Å². The lowest BCUT2D eigenvalue weighted by Crippen LogP contribution is -2.48. The molecule has 0 aromatic carbocycles. The zero-order chi connectivity index (χ0) is 12.9. The van der Waals surface area contributed by atoms with Crippen molar-refractivity contribution in [1.29, 1.82) is 0 Å². The molecule has 0 aromatic heterocycles. The maximum Gasteiger partial charge on any atom is 0.162 e. The average Bonchev–Trinajstić information content (AvgIpc) is 2.82. The molecule has 0 bridgehead atoms. The Morgan fingerprint density at radius 1 is 1.41 bits per heavy atom. The van der Waals surface area contributed by atoms with Crippen molar-refractivity contribution in [3.8, 4) is 0 Å². The van der Waals surface area contributed by atoms with Crippen molar-refractivity contribution in [3.05, 3.63) is 0 Å². The number of sulfone groups is 1. The van der Waals surface area contributed by atoms with Crippen LogP contribution in [0.15, 0.2) is 0 Å². The molecular weight excluding hydrogens is 238 g/mol. The molecular formula is C12H23NO3S. The molecule has 100 valence electrons. The average molecular weight is 261 g/mol. The maximum absolute atomic E-state index is 12.5. The van der Waals surface area contributed by atoms with Crippen LogP contribution >= 0.6 is 0 Å². The van der Waals surface area contributed by atoms with Crippen molar-refractivity contribution in [3.63, 3.8) is 0 Å². The van der Waals surface area contributed by atoms with Gasteiger partial charge in [0.05, 0.1) is 15.6 Å². The van der Waals surface area contributed by atoms with Crippen molar-refractivity contribution < 1.29 is 13.5 Å². The number of hydrogen-bond acceptors (Lipinski definition) is 4. The zero-order valence-corrected chi connectivity index (χ0v) is 11.8. The number of hydrogen-bond donors (Lipinski definition) is 1. The molecule has 0 aromatic rings. The molecule has 4 nitrogen and oxygen atoms in total. The standard InChI is InChI=1S/C12H23NO3S/c1-11(2,9-13-7-4-10(14)8-13)17(15,16)12(3)5-6-12/h10,14H,4-9H2,1-3H3. The maximum atomic E-state index is 12.5. The third kappa shape index (κ3) is 2.25. The van der Waals surface area contributed by atoms with E-state index in [1.165, 1.54) is 0 Å². The summed E-state index contributed by atoms with van der Waals surface area (Å²) in [5, 5.41) is 9.48. The van der Waals surface area contributed by atoms with Crippen LogP contribution in [0.5, 0.6) is 0 Å². The lowest BCUT2D eigenvalue weighted by molar-refractivity contribution is 0.173. The van der Waals surface area contributed by atoms with E-state index in [0.29, 0.717) is 13.1 Å². The minimum absolute atomic E-state index is 0.287. The van der Waals surface area contributed by atoms with E-state index in [0.717, 1.165) is 25.8 Å². The van der Waals surface area contributed by atoms with Gasteiger partial charge in [-0.1, -0.05) is 0 Å². The van der Waals surface area contributed by atoms with Crippen molar-refractivity contribution in [2.24, 2.45) is 0 Å². The Labute approximate surface area is 104 Å². The highest BCUT2D eigenvalue weighted by Gasteiger charge is 2.56. The van der Waals surface area contributed by atoms with Crippen LogP contribution in [0.25, 0.3) is 0 Å². The normalized spacial score (nSPS) is 29.5. The van der Waals surface area contributed by atoms with Crippen LogP contribution in [-0.4, -0.2) is 53.7 Å². The van der Waals surface area contributed by atoms with E-state index in [9.17, 15) is 13.5 Å². The first-order chi connectivity index (χ1) is 7.68. The van der Waals surface area contributed by atoms with Gasteiger partial charge in [-0.15, -0.1) is 0 Å². The molecule has 2 fully saturated rings. The van der Waals surface area contributed by atoms with Crippen LogP contribution in [0, 0.1) is 0 Å². The minimum atomic E-state index is -3.09. The number of β-amino-alcohol motifs (C(OH)–C–C–N with tert-alkyl or cyclic N) is 1. The van der Waals surface area contributed by atoms with Crippen LogP contribution < -0.4 is 0 Å². The fraction of sp³-hybridized carbons (Fsp3) is 1.00. The molecule has 2 aliphatic rings. The van der Waals surface area contributed by atoms with E-state index in [2.05, 4.69) is 4.90 Å². The van der Waals surface area contributed by atoms with E-state index < -0.39 is 19.3 Å². The van der Waals surface area contributed by atoms with E-state index in [-0.39, 0.29) is 6.10 Å². The number of nitrogens with zero attached hydrogens (tertiary/aromatic N) is 1. The zero-order valence-electron chi connectivity index (χ0n) is 10.9. The number of aliphatic hydroxyl groups is 1. The molecule has 1 saturated carbocycles. The van der Waals surface area contributed by atoms with Gasteiger partial charge in [-0.2, -0.15) is 0 Å². The summed E-state index contributed by atoms with van der Waals surface area (Å²) in [4.78, 5) is 2.06. The fourth-order valence-electron chi connectivity index (χ4n) is 2.69. The van der Waals surface area contributed by atoms with Crippen LogP contribution in [0.3, 0.4) is 0 Å². The highest BCUT2D eigenvalue weighted by molar-refractivity contribution is 7.94. The Bertz CT molecular complexity index is 398. The Morgan fingerprint density at radius 2 is 2.00 bits per heavy atom. The molecule has 0 spiro atoms. The smallest absolute Gasteiger partial charge is 0.162 e. The monoisotopic (exact) mass is 261 g/mol. The molecule has 1 aliphatic carbocycles. The summed E-state index contributed by atoms with van der Waals surface area (Å²) >= 11 is 0. The second-order valence-electron chi connectivity index (χ2n) is 6.39. The van der Waals surface area contributed by atoms with Gasteiger partial charge in [0.2, 0.25) is 0 Å². The summed E-state index contributed by atoms with van der Waals surface area (Å²) in [5.74, 6) is 0. The van der Waals surface area contributed by atoms with E-state index in [4.69, 9.17) is 0 Å². The number of aliphatic hydroxyl groups excluding tert-OH is 1. The molecule has 2 rings (SSSR count). The van der Waals surface area contributed by atoms with E-state index >= 15 is 0 Å². The van der Waals surface area contributed by atoms with Gasteiger partial charge in [-0.25, -0.2) is 8.42 Å². The SMILES string of the molecule is CC(C)(CN1CCC(O)C1)S(=O)(=O)C1(C)CC1. The predicted octanol–water partition coefficient (Wildman–Crippen LogP) is 0.799. The molecule has 17 heavy (non-hydrogen) atoms. The van der Waals surface area contributed by atoms with Crippen molar-refractivity contribution >= 4 is 9.84 Å². The minimum Gasteiger partial charge on any atom is -0.392 e. The molecule has 1 atom stereocenters. The quantitative estimate of drug-likeness (QED) is 0.813. The third-order valence-corrected chi connectivity index (χ3v) is 7.47. The Balaban J connectivity index is 2.08. The predicted molar refractivity (Wildman–Crippen MR) is 67.7 cm³/mol. The first-order valence-corrected chi connectivity index (χ1v) is 7.81. The summed E-state index contributed by atoms with van der Waals surface area (Å²) in [7, 11) is -3.09. The van der Waals surface area contributed by atoms with Gasteiger partial charge in [-0.3, -0.25) is 4.90 Å². The van der Waals surface area contributed by atoms with Gasteiger partial charge in [0.1, 0.15) is 0 Å². The highest BCUT2D eigenvalue weighted by Crippen LogP contribution is 2.47. The first-order valence-electron chi connectivity index (χ1n) is 6.33. The van der Waals surface area contributed by atoms with Gasteiger partial charge in [-0.05, 0) is 40.0 Å². The van der Waals surface area contributed by atoms with Gasteiger partial charge >= 0.3 is 0 Å². The van der Waals surface area contributed by atoms with Crippen LogP contribution in [0.1, 0.15) is 40.0 Å². The lowest BCUT2D eigenvalue weighted by Gasteiger charge is -2.32. The van der Waals surface area contributed by atoms with E-state index in [1.54, 1.807) is 0 Å². The lowest BCUT2D eigenvalue weighted by atomic mass is 10.2. The van der Waals surface area contributed by atoms with Crippen molar-refractivity contribution in [2.45, 2.75) is 55.6 Å². The van der Waals surface area contributed by atoms with Crippen LogP contribution in [-0.2, 0) is 9.84 Å². The second kappa shape index (κ2) is 3.93.